The number of imide groups is 1. The molecule has 1 aliphatic rings. The molecule has 8 heteroatoms. The molecule has 2 heterocycles. The zero-order valence-electron chi connectivity index (χ0n) is 15.1. The van der Waals surface area contributed by atoms with Crippen LogP contribution in [0.1, 0.15) is 63.3 Å². The highest BCUT2D eigenvalue weighted by Gasteiger charge is 2.40. The average Bonchev–Trinajstić information content (AvgIpc) is 3.14. The number of nitrogens with zero attached hydrogens (tertiary/aromatic N) is 3. The Morgan fingerprint density at radius 2 is 1.88 bits per heavy atom. The number of hydrogen-bond donors (Lipinski definition) is 1. The van der Waals surface area contributed by atoms with E-state index in [0.717, 1.165) is 11.4 Å². The van der Waals surface area contributed by atoms with Gasteiger partial charge in [0.15, 0.2) is 0 Å². The maximum absolute atomic E-state index is 12.8. The van der Waals surface area contributed by atoms with Crippen molar-refractivity contribution in [2.24, 2.45) is 5.92 Å². The second-order valence-electron chi connectivity index (χ2n) is 6.45. The third kappa shape index (κ3) is 3.12. The number of nitrogens with one attached hydrogen (secondary N) is 1. The molecule has 2 unspecified atom stereocenters. The molecule has 0 spiro atoms. The summed E-state index contributed by atoms with van der Waals surface area (Å²) in [6.07, 6.45) is 0.865. The van der Waals surface area contributed by atoms with Gasteiger partial charge in [-0.1, -0.05) is 31.6 Å². The number of carbonyl (C=O) groups is 3. The van der Waals surface area contributed by atoms with Crippen LogP contribution in [-0.4, -0.2) is 38.9 Å². The lowest BCUT2D eigenvalue weighted by Gasteiger charge is -2.27. The summed E-state index contributed by atoms with van der Waals surface area (Å²) in [6.45, 7) is 7.70. The summed E-state index contributed by atoms with van der Waals surface area (Å²) in [5, 5.41) is 11.5. The first-order valence-electron chi connectivity index (χ1n) is 8.46. The zero-order chi connectivity index (χ0) is 19.0. The van der Waals surface area contributed by atoms with Crippen LogP contribution < -0.4 is 5.32 Å². The first-order valence-corrected chi connectivity index (χ1v) is 9.28. The van der Waals surface area contributed by atoms with Crippen molar-refractivity contribution < 1.29 is 14.4 Å². The fraction of sp³-hybridized carbons (Fsp3) is 0.389. The second-order valence-corrected chi connectivity index (χ2v) is 7.63. The summed E-state index contributed by atoms with van der Waals surface area (Å²) in [4.78, 5) is 39.1. The summed E-state index contributed by atoms with van der Waals surface area (Å²) >= 11 is 1.26. The Bertz CT molecular complexity index is 892. The molecule has 2 atom stereocenters. The molecule has 0 saturated heterocycles. The number of anilines is 1. The molecule has 3 rings (SSSR count). The van der Waals surface area contributed by atoms with E-state index in [4.69, 9.17) is 0 Å². The lowest BCUT2D eigenvalue weighted by atomic mass is 9.99. The van der Waals surface area contributed by atoms with Crippen molar-refractivity contribution >= 4 is 34.2 Å². The summed E-state index contributed by atoms with van der Waals surface area (Å²) in [5.74, 6) is -0.845. The predicted molar refractivity (Wildman–Crippen MR) is 98.5 cm³/mol. The number of rotatable bonds is 5. The average molecular weight is 372 g/mol. The van der Waals surface area contributed by atoms with E-state index in [9.17, 15) is 14.4 Å². The maximum atomic E-state index is 12.8. The molecule has 0 fully saturated rings. The lowest BCUT2D eigenvalue weighted by molar-refractivity contribution is 0.0550. The van der Waals surface area contributed by atoms with Gasteiger partial charge in [-0.3, -0.25) is 24.6 Å². The van der Waals surface area contributed by atoms with Gasteiger partial charge in [-0.15, -0.1) is 10.2 Å². The minimum absolute atomic E-state index is 0.195. The number of benzene rings is 1. The van der Waals surface area contributed by atoms with Crippen molar-refractivity contribution in [2.75, 3.05) is 5.32 Å². The molecule has 7 nitrogen and oxygen atoms in total. The van der Waals surface area contributed by atoms with Gasteiger partial charge < -0.3 is 0 Å². The molecular weight excluding hydrogens is 352 g/mol. The van der Waals surface area contributed by atoms with Crippen molar-refractivity contribution in [2.45, 2.75) is 40.2 Å². The maximum Gasteiger partial charge on any atom is 0.261 e. The number of fused-ring (bicyclic) bond motifs is 1. The van der Waals surface area contributed by atoms with Gasteiger partial charge in [0.25, 0.3) is 17.7 Å². The molecule has 2 aromatic rings. The fourth-order valence-corrected chi connectivity index (χ4v) is 3.47. The van der Waals surface area contributed by atoms with Crippen LogP contribution in [0.5, 0.6) is 0 Å². The van der Waals surface area contributed by atoms with Gasteiger partial charge in [-0.05, 0) is 38.0 Å². The van der Waals surface area contributed by atoms with Crippen LogP contribution in [0.2, 0.25) is 0 Å². The first kappa shape index (κ1) is 18.2. The van der Waals surface area contributed by atoms with E-state index in [1.165, 1.54) is 22.3 Å². The minimum Gasteiger partial charge on any atom is -0.296 e. The van der Waals surface area contributed by atoms with Gasteiger partial charge in [0, 0.05) is 11.6 Å². The molecule has 1 aromatic heterocycles. The Labute approximate surface area is 155 Å². The largest absolute Gasteiger partial charge is 0.296 e. The van der Waals surface area contributed by atoms with Crippen LogP contribution >= 0.6 is 11.3 Å². The summed E-state index contributed by atoms with van der Waals surface area (Å²) in [7, 11) is 0. The van der Waals surface area contributed by atoms with E-state index in [1.54, 1.807) is 19.1 Å². The van der Waals surface area contributed by atoms with Crippen LogP contribution in [0, 0.1) is 12.8 Å². The van der Waals surface area contributed by atoms with E-state index < -0.39 is 5.91 Å². The van der Waals surface area contributed by atoms with Gasteiger partial charge in [-0.2, -0.15) is 0 Å². The fourth-order valence-electron chi connectivity index (χ4n) is 2.88. The minimum atomic E-state index is -0.391. The molecule has 136 valence electrons. The van der Waals surface area contributed by atoms with E-state index in [-0.39, 0.29) is 29.3 Å². The van der Waals surface area contributed by atoms with Gasteiger partial charge in [-0.25, -0.2) is 0 Å². The van der Waals surface area contributed by atoms with Crippen LogP contribution in [0.3, 0.4) is 0 Å². The Kier molecular flexibility index (Phi) is 4.86. The second kappa shape index (κ2) is 6.95. The molecule has 26 heavy (non-hydrogen) atoms. The highest BCUT2D eigenvalue weighted by Crippen LogP contribution is 2.29. The van der Waals surface area contributed by atoms with Crippen LogP contribution in [0.25, 0.3) is 0 Å². The monoisotopic (exact) mass is 372 g/mol. The van der Waals surface area contributed by atoms with Gasteiger partial charge in [0.1, 0.15) is 5.01 Å². The third-order valence-electron chi connectivity index (χ3n) is 4.80. The number of carbonyl (C=O) groups excluding carboxylic acids is 3. The van der Waals surface area contributed by atoms with E-state index in [0.29, 0.717) is 16.3 Å². The number of amides is 3. The summed E-state index contributed by atoms with van der Waals surface area (Å²) < 4.78 is 0. The summed E-state index contributed by atoms with van der Waals surface area (Å²) in [6, 6.07) is 4.36. The molecular formula is C18H20N4O3S. The SMILES string of the molecule is CCC(C)C(C)N1C(=O)c2ccc(C(=O)Nc3nnc(C)s3)cc2C1=O. The Morgan fingerprint density at radius 3 is 2.50 bits per heavy atom. The molecule has 1 aromatic carbocycles. The topological polar surface area (TPSA) is 92.3 Å². The molecule has 1 N–H and O–H groups in total. The van der Waals surface area contributed by atoms with Gasteiger partial charge >= 0.3 is 0 Å². The predicted octanol–water partition coefficient (Wildman–Crippen LogP) is 3.13. The van der Waals surface area contributed by atoms with Crippen molar-refractivity contribution in [1.29, 1.82) is 0 Å². The third-order valence-corrected chi connectivity index (χ3v) is 5.56. The van der Waals surface area contributed by atoms with Crippen LogP contribution in [0.15, 0.2) is 18.2 Å². The Hall–Kier alpha value is -2.61. The van der Waals surface area contributed by atoms with Gasteiger partial charge in [0.2, 0.25) is 5.13 Å². The molecule has 0 saturated carbocycles. The van der Waals surface area contributed by atoms with E-state index in [2.05, 4.69) is 15.5 Å². The summed E-state index contributed by atoms with van der Waals surface area (Å²) in [5.41, 5.74) is 0.913. The van der Waals surface area contributed by atoms with Crippen LogP contribution in [-0.2, 0) is 0 Å². The molecule has 0 radical (unpaired) electrons. The van der Waals surface area contributed by atoms with E-state index in [1.807, 2.05) is 20.8 Å². The van der Waals surface area contributed by atoms with Gasteiger partial charge in [0.05, 0.1) is 11.1 Å². The molecule has 0 aliphatic carbocycles. The number of aryl methyl sites for hydroxylation is 1. The highest BCUT2D eigenvalue weighted by molar-refractivity contribution is 7.15. The Morgan fingerprint density at radius 1 is 1.19 bits per heavy atom. The smallest absolute Gasteiger partial charge is 0.261 e. The quantitative estimate of drug-likeness (QED) is 0.814. The van der Waals surface area contributed by atoms with E-state index >= 15 is 0 Å². The first-order chi connectivity index (χ1) is 12.3. The zero-order valence-corrected chi connectivity index (χ0v) is 15.9. The van der Waals surface area contributed by atoms with Crippen molar-refractivity contribution in [3.63, 3.8) is 0 Å². The molecule has 1 aliphatic heterocycles. The number of aromatic nitrogens is 2. The normalized spacial score (nSPS) is 15.8. The van der Waals surface area contributed by atoms with Crippen molar-refractivity contribution in [3.8, 4) is 0 Å². The standard InChI is InChI=1S/C18H20N4O3S/c1-5-9(2)10(3)22-16(24)13-7-6-12(8-14(13)17(22)25)15(23)19-18-21-20-11(4)26-18/h6-10H,5H2,1-4H3,(H,19,21,23). The molecule has 3 amide bonds. The van der Waals surface area contributed by atoms with Crippen molar-refractivity contribution in [3.05, 3.63) is 39.9 Å². The van der Waals surface area contributed by atoms with Crippen molar-refractivity contribution in [1.82, 2.24) is 15.1 Å². The highest BCUT2D eigenvalue weighted by atomic mass is 32.1. The molecule has 0 bridgehead atoms. The Balaban J connectivity index is 1.86. The lowest BCUT2D eigenvalue weighted by Crippen LogP contribution is -2.41. The van der Waals surface area contributed by atoms with Crippen LogP contribution in [0.4, 0.5) is 5.13 Å². The number of hydrogen-bond acceptors (Lipinski definition) is 6.